The molecule has 0 aromatic rings. The van der Waals surface area contributed by atoms with Crippen LogP contribution in [0.1, 0.15) is 26.2 Å². The van der Waals surface area contributed by atoms with Crippen LogP contribution in [0.4, 0.5) is 0 Å². The quantitative estimate of drug-likeness (QED) is 0.506. The van der Waals surface area contributed by atoms with Gasteiger partial charge in [-0.25, -0.2) is 0 Å². The van der Waals surface area contributed by atoms with E-state index in [0.29, 0.717) is 6.42 Å². The molecule has 0 spiro atoms. The summed E-state index contributed by atoms with van der Waals surface area (Å²) in [4.78, 5) is 21.5. The first kappa shape index (κ1) is 16.3. The van der Waals surface area contributed by atoms with E-state index in [2.05, 4.69) is 0 Å². The van der Waals surface area contributed by atoms with Crippen molar-refractivity contribution in [2.75, 3.05) is 7.11 Å². The molecule has 0 radical (unpaired) electrons. The molecule has 100 valence electrons. The molecule has 0 rings (SSSR count). The van der Waals surface area contributed by atoms with E-state index < -0.39 is 5.97 Å². The minimum absolute atomic E-state index is 0.0348. The molecular formula is C14H20O4. The fourth-order valence-electron chi connectivity index (χ4n) is 1.09. The number of carboxylic acids is 1. The van der Waals surface area contributed by atoms with Gasteiger partial charge in [-0.15, -0.1) is 0 Å². The summed E-state index contributed by atoms with van der Waals surface area (Å²) in [6.07, 6.45) is 11.1. The smallest absolute Gasteiger partial charge is 0.303 e. The van der Waals surface area contributed by atoms with E-state index in [1.807, 2.05) is 19.1 Å². The molecule has 1 atom stereocenters. The van der Waals surface area contributed by atoms with Gasteiger partial charge >= 0.3 is 5.97 Å². The molecule has 0 saturated carbocycles. The first-order valence-corrected chi connectivity index (χ1v) is 5.85. The van der Waals surface area contributed by atoms with Gasteiger partial charge < -0.3 is 9.84 Å². The van der Waals surface area contributed by atoms with Crippen LogP contribution in [0.5, 0.6) is 0 Å². The van der Waals surface area contributed by atoms with Crippen molar-refractivity contribution in [3.63, 3.8) is 0 Å². The molecular weight excluding hydrogens is 232 g/mol. The second-order valence-electron chi connectivity index (χ2n) is 3.78. The largest absolute Gasteiger partial charge is 0.481 e. The third kappa shape index (κ3) is 10.8. The lowest BCUT2D eigenvalue weighted by Crippen LogP contribution is -1.98. The number of carbonyl (C=O) groups excluding carboxylic acids is 1. The van der Waals surface area contributed by atoms with Crippen LogP contribution in [0, 0.1) is 0 Å². The topological polar surface area (TPSA) is 63.6 Å². The summed E-state index contributed by atoms with van der Waals surface area (Å²) in [5, 5.41) is 8.41. The summed E-state index contributed by atoms with van der Waals surface area (Å²) in [6.45, 7) is 1.92. The molecule has 4 heteroatoms. The van der Waals surface area contributed by atoms with Crippen molar-refractivity contribution in [2.24, 2.45) is 0 Å². The number of carboxylic acid groups (broad SMARTS) is 1. The van der Waals surface area contributed by atoms with E-state index >= 15 is 0 Å². The Hall–Kier alpha value is -1.68. The summed E-state index contributed by atoms with van der Waals surface area (Å²) in [5.74, 6) is -0.931. The van der Waals surface area contributed by atoms with Crippen LogP contribution in [0.25, 0.3) is 0 Å². The first-order chi connectivity index (χ1) is 8.56. The van der Waals surface area contributed by atoms with Crippen LogP contribution in [0.15, 0.2) is 36.5 Å². The zero-order valence-electron chi connectivity index (χ0n) is 10.8. The first-order valence-electron chi connectivity index (χ1n) is 5.85. The Balaban J connectivity index is 3.80. The zero-order chi connectivity index (χ0) is 13.8. The van der Waals surface area contributed by atoms with Crippen molar-refractivity contribution in [2.45, 2.75) is 32.3 Å². The maximum Gasteiger partial charge on any atom is 0.303 e. The summed E-state index contributed by atoms with van der Waals surface area (Å²) >= 11 is 0. The van der Waals surface area contributed by atoms with Gasteiger partial charge in [0.15, 0.2) is 5.78 Å². The minimum atomic E-state index is -0.871. The Kier molecular flexibility index (Phi) is 9.50. The van der Waals surface area contributed by atoms with Gasteiger partial charge in [-0.1, -0.05) is 30.4 Å². The standard InChI is InChI=1S/C14H20O4/c1-12(18-2)8-5-3-4-6-9-13(15)10-7-11-14(16)17/h3-6,8-9,12H,7,10-11H2,1-2H3,(H,16,17). The van der Waals surface area contributed by atoms with Gasteiger partial charge in [-0.3, -0.25) is 9.59 Å². The molecule has 0 aliphatic rings. The molecule has 4 nitrogen and oxygen atoms in total. The number of allylic oxidation sites excluding steroid dienone is 5. The van der Waals surface area contributed by atoms with Crippen LogP contribution in [-0.4, -0.2) is 30.1 Å². The molecule has 0 heterocycles. The highest BCUT2D eigenvalue weighted by Gasteiger charge is 1.99. The Morgan fingerprint density at radius 2 is 1.83 bits per heavy atom. The van der Waals surface area contributed by atoms with Gasteiger partial charge in [0.05, 0.1) is 6.10 Å². The Bertz CT molecular complexity index is 340. The summed E-state index contributed by atoms with van der Waals surface area (Å²) in [5.41, 5.74) is 0. The van der Waals surface area contributed by atoms with E-state index in [9.17, 15) is 9.59 Å². The van der Waals surface area contributed by atoms with Gasteiger partial charge in [0, 0.05) is 20.0 Å². The highest BCUT2D eigenvalue weighted by Crippen LogP contribution is 1.97. The molecule has 0 amide bonds. The number of hydrogen-bond donors (Lipinski definition) is 1. The van der Waals surface area contributed by atoms with Gasteiger partial charge in [0.25, 0.3) is 0 Å². The fourth-order valence-corrected chi connectivity index (χ4v) is 1.09. The zero-order valence-corrected chi connectivity index (χ0v) is 10.8. The van der Waals surface area contributed by atoms with Gasteiger partial charge in [0.1, 0.15) is 0 Å². The molecule has 0 fully saturated rings. The van der Waals surface area contributed by atoms with Gasteiger partial charge in [-0.05, 0) is 19.4 Å². The molecule has 0 aromatic carbocycles. The Morgan fingerprint density at radius 3 is 2.44 bits per heavy atom. The maximum absolute atomic E-state index is 11.3. The lowest BCUT2D eigenvalue weighted by Gasteiger charge is -1.99. The normalized spacial score (nSPS) is 13.7. The van der Waals surface area contributed by atoms with E-state index in [1.165, 1.54) is 6.08 Å². The molecule has 1 unspecified atom stereocenters. The molecule has 0 aromatic heterocycles. The van der Waals surface area contributed by atoms with Crippen molar-refractivity contribution < 1.29 is 19.4 Å². The van der Waals surface area contributed by atoms with E-state index in [4.69, 9.17) is 9.84 Å². The van der Waals surface area contributed by atoms with E-state index in [0.717, 1.165) is 0 Å². The number of aliphatic carboxylic acids is 1. The summed E-state index contributed by atoms with van der Waals surface area (Å²) in [7, 11) is 1.63. The SMILES string of the molecule is COC(C)C=CC=CC=CC(=O)CCCC(=O)O. The van der Waals surface area contributed by atoms with Crippen molar-refractivity contribution in [1.29, 1.82) is 0 Å². The number of ether oxygens (including phenoxy) is 1. The van der Waals surface area contributed by atoms with Crippen LogP contribution in [-0.2, 0) is 14.3 Å². The monoisotopic (exact) mass is 252 g/mol. The lowest BCUT2D eigenvalue weighted by molar-refractivity contribution is -0.137. The summed E-state index contributed by atoms with van der Waals surface area (Å²) in [6, 6.07) is 0. The van der Waals surface area contributed by atoms with Crippen molar-refractivity contribution >= 4 is 11.8 Å². The average molecular weight is 252 g/mol. The fraction of sp³-hybridized carbons (Fsp3) is 0.429. The molecule has 0 saturated heterocycles. The molecule has 0 aliphatic carbocycles. The van der Waals surface area contributed by atoms with Crippen molar-refractivity contribution in [3.05, 3.63) is 36.5 Å². The predicted octanol–water partition coefficient (Wildman–Crippen LogP) is 2.51. The second kappa shape index (κ2) is 10.5. The van der Waals surface area contributed by atoms with E-state index in [1.54, 1.807) is 25.3 Å². The number of ketones is 1. The van der Waals surface area contributed by atoms with Crippen molar-refractivity contribution in [3.8, 4) is 0 Å². The Morgan fingerprint density at radius 1 is 1.17 bits per heavy atom. The predicted molar refractivity (Wildman–Crippen MR) is 70.4 cm³/mol. The maximum atomic E-state index is 11.3. The van der Waals surface area contributed by atoms with Crippen LogP contribution in [0.3, 0.4) is 0 Å². The second-order valence-corrected chi connectivity index (χ2v) is 3.78. The van der Waals surface area contributed by atoms with Crippen molar-refractivity contribution in [1.82, 2.24) is 0 Å². The average Bonchev–Trinajstić information content (AvgIpc) is 2.32. The highest BCUT2D eigenvalue weighted by molar-refractivity contribution is 5.90. The third-order valence-corrected chi connectivity index (χ3v) is 2.18. The third-order valence-electron chi connectivity index (χ3n) is 2.18. The highest BCUT2D eigenvalue weighted by atomic mass is 16.5. The van der Waals surface area contributed by atoms with Crippen LogP contribution >= 0.6 is 0 Å². The lowest BCUT2D eigenvalue weighted by atomic mass is 10.1. The van der Waals surface area contributed by atoms with E-state index in [-0.39, 0.29) is 24.7 Å². The number of methoxy groups -OCH3 is 1. The number of hydrogen-bond acceptors (Lipinski definition) is 3. The van der Waals surface area contributed by atoms with Gasteiger partial charge in [0.2, 0.25) is 0 Å². The Labute approximate surface area is 108 Å². The number of carbonyl (C=O) groups is 2. The molecule has 1 N–H and O–H groups in total. The van der Waals surface area contributed by atoms with Crippen LogP contribution < -0.4 is 0 Å². The van der Waals surface area contributed by atoms with Crippen LogP contribution in [0.2, 0.25) is 0 Å². The molecule has 0 aliphatic heterocycles. The van der Waals surface area contributed by atoms with Gasteiger partial charge in [-0.2, -0.15) is 0 Å². The summed E-state index contributed by atoms with van der Waals surface area (Å²) < 4.78 is 5.02. The number of rotatable bonds is 9. The molecule has 18 heavy (non-hydrogen) atoms. The minimum Gasteiger partial charge on any atom is -0.481 e. The molecule has 0 bridgehead atoms.